The van der Waals surface area contributed by atoms with Crippen molar-refractivity contribution in [2.24, 2.45) is 0 Å². The Kier molecular flexibility index (Phi) is 5.15. The van der Waals surface area contributed by atoms with E-state index in [4.69, 9.17) is 0 Å². The summed E-state index contributed by atoms with van der Waals surface area (Å²) in [7, 11) is 0. The van der Waals surface area contributed by atoms with Crippen LogP contribution >= 0.6 is 11.8 Å². The van der Waals surface area contributed by atoms with Gasteiger partial charge in [-0.15, -0.1) is 11.8 Å². The molecule has 0 bridgehead atoms. The molecule has 2 heterocycles. The van der Waals surface area contributed by atoms with Crippen LogP contribution in [0.4, 0.5) is 4.39 Å². The highest BCUT2D eigenvalue weighted by atomic mass is 32.2. The summed E-state index contributed by atoms with van der Waals surface area (Å²) in [6.07, 6.45) is 1.50. The monoisotopic (exact) mass is 398 g/mol. The van der Waals surface area contributed by atoms with E-state index in [0.717, 1.165) is 36.3 Å². The summed E-state index contributed by atoms with van der Waals surface area (Å²) in [6, 6.07) is 13.4. The summed E-state index contributed by atoms with van der Waals surface area (Å²) in [4.78, 5) is 29.5. The zero-order valence-corrected chi connectivity index (χ0v) is 16.7. The first-order valence-electron chi connectivity index (χ1n) is 9.57. The molecule has 0 atom stereocenters. The van der Waals surface area contributed by atoms with Gasteiger partial charge in [0.15, 0.2) is 0 Å². The zero-order valence-electron chi connectivity index (χ0n) is 15.9. The van der Waals surface area contributed by atoms with Gasteiger partial charge in [0, 0.05) is 36.5 Å². The van der Waals surface area contributed by atoms with E-state index in [0.29, 0.717) is 18.7 Å². The Morgan fingerprint density at radius 2 is 1.64 bits per heavy atom. The number of hydrogen-bond acceptors (Lipinski definition) is 3. The number of carbonyl (C=O) groups excluding carboxylic acids is 2. The Hall–Kier alpha value is -2.34. The molecule has 0 saturated carbocycles. The number of benzene rings is 2. The number of aryl methyl sites for hydroxylation is 1. The number of hydrogen-bond donors (Lipinski definition) is 0. The van der Waals surface area contributed by atoms with E-state index in [1.165, 1.54) is 24.3 Å². The van der Waals surface area contributed by atoms with E-state index in [1.54, 1.807) is 0 Å². The highest BCUT2D eigenvalue weighted by molar-refractivity contribution is 8.00. The van der Waals surface area contributed by atoms with E-state index in [1.807, 2.05) is 52.8 Å². The molecule has 28 heavy (non-hydrogen) atoms. The molecule has 0 radical (unpaired) electrons. The van der Waals surface area contributed by atoms with Crippen molar-refractivity contribution in [3.05, 3.63) is 71.0 Å². The number of thioether (sulfide) groups is 1. The number of likely N-dealkylation sites (tertiary alicyclic amines) is 1. The van der Waals surface area contributed by atoms with Crippen LogP contribution in [0.1, 0.15) is 39.1 Å². The third-order valence-electron chi connectivity index (χ3n) is 5.72. The average molecular weight is 399 g/mol. The second kappa shape index (κ2) is 7.59. The Morgan fingerprint density at radius 1 is 0.964 bits per heavy atom. The van der Waals surface area contributed by atoms with Gasteiger partial charge in [0.25, 0.3) is 11.8 Å². The first-order valence-corrected chi connectivity index (χ1v) is 10.6. The largest absolute Gasteiger partial charge is 0.338 e. The molecule has 4 rings (SSSR count). The quantitative estimate of drug-likeness (QED) is 0.769. The standard InChI is InChI=1S/C22H23FN2O2S/c1-16-4-2-3-5-19(16)21(27)25-14-15-28-22(25)10-12-24(13-11-22)20(26)17-6-8-18(23)9-7-17/h2-9H,10-15H2,1H3. The second-order valence-electron chi connectivity index (χ2n) is 7.37. The summed E-state index contributed by atoms with van der Waals surface area (Å²) in [5, 5.41) is 0. The molecule has 0 unspecified atom stereocenters. The number of rotatable bonds is 2. The molecule has 0 aliphatic carbocycles. The van der Waals surface area contributed by atoms with E-state index < -0.39 is 0 Å². The molecule has 4 nitrogen and oxygen atoms in total. The van der Waals surface area contributed by atoms with Crippen LogP contribution in [-0.4, -0.2) is 51.9 Å². The third-order valence-corrected chi connectivity index (χ3v) is 7.27. The second-order valence-corrected chi connectivity index (χ2v) is 8.82. The van der Waals surface area contributed by atoms with Crippen LogP contribution in [0, 0.1) is 12.7 Å². The molecule has 0 N–H and O–H groups in total. The lowest BCUT2D eigenvalue weighted by atomic mass is 9.99. The summed E-state index contributed by atoms with van der Waals surface area (Å²) in [5.74, 6) is 0.585. The van der Waals surface area contributed by atoms with E-state index in [9.17, 15) is 14.0 Å². The molecule has 2 saturated heterocycles. The number of halogens is 1. The maximum absolute atomic E-state index is 13.2. The molecule has 2 aliphatic heterocycles. The summed E-state index contributed by atoms with van der Waals surface area (Å²) >= 11 is 1.83. The molecule has 146 valence electrons. The summed E-state index contributed by atoms with van der Waals surface area (Å²) < 4.78 is 13.1. The SMILES string of the molecule is Cc1ccccc1C(=O)N1CCSC12CCN(C(=O)c1ccc(F)cc1)CC2. The first kappa shape index (κ1) is 19.0. The molecule has 1 spiro atoms. The van der Waals surface area contributed by atoms with Crippen LogP contribution in [-0.2, 0) is 0 Å². The molecular weight excluding hydrogens is 375 g/mol. The van der Waals surface area contributed by atoms with Gasteiger partial charge in [-0.2, -0.15) is 0 Å². The minimum atomic E-state index is -0.345. The number of amides is 2. The van der Waals surface area contributed by atoms with Gasteiger partial charge in [-0.1, -0.05) is 18.2 Å². The fourth-order valence-electron chi connectivity index (χ4n) is 4.10. The van der Waals surface area contributed by atoms with Crippen LogP contribution in [0.3, 0.4) is 0 Å². The Bertz CT molecular complexity index is 892. The lowest BCUT2D eigenvalue weighted by molar-refractivity contribution is 0.0497. The van der Waals surface area contributed by atoms with Crippen LogP contribution in [0.15, 0.2) is 48.5 Å². The fourth-order valence-corrected chi connectivity index (χ4v) is 5.56. The van der Waals surface area contributed by atoms with Crippen molar-refractivity contribution in [1.29, 1.82) is 0 Å². The number of nitrogens with zero attached hydrogens (tertiary/aromatic N) is 2. The Morgan fingerprint density at radius 3 is 2.32 bits per heavy atom. The van der Waals surface area contributed by atoms with Gasteiger partial charge in [0.1, 0.15) is 5.82 Å². The van der Waals surface area contributed by atoms with Gasteiger partial charge in [-0.3, -0.25) is 9.59 Å². The maximum Gasteiger partial charge on any atom is 0.255 e. The van der Waals surface area contributed by atoms with Crippen molar-refractivity contribution in [2.75, 3.05) is 25.4 Å². The fraction of sp³-hybridized carbons (Fsp3) is 0.364. The Labute approximate surface area is 168 Å². The van der Waals surface area contributed by atoms with Crippen molar-refractivity contribution < 1.29 is 14.0 Å². The summed E-state index contributed by atoms with van der Waals surface area (Å²) in [6.45, 7) is 3.90. The molecular formula is C22H23FN2O2S. The van der Waals surface area contributed by atoms with Gasteiger partial charge in [0.2, 0.25) is 0 Å². The van der Waals surface area contributed by atoms with Crippen molar-refractivity contribution in [1.82, 2.24) is 9.80 Å². The maximum atomic E-state index is 13.2. The molecule has 2 aromatic rings. The van der Waals surface area contributed by atoms with Gasteiger partial charge in [0.05, 0.1) is 4.87 Å². The average Bonchev–Trinajstić information content (AvgIpc) is 3.11. The minimum Gasteiger partial charge on any atom is -0.338 e. The van der Waals surface area contributed by atoms with E-state index >= 15 is 0 Å². The number of piperidine rings is 1. The lowest BCUT2D eigenvalue weighted by Crippen LogP contribution is -2.53. The highest BCUT2D eigenvalue weighted by Gasteiger charge is 2.47. The predicted octanol–water partition coefficient (Wildman–Crippen LogP) is 3.96. The minimum absolute atomic E-state index is 0.0744. The van der Waals surface area contributed by atoms with E-state index in [-0.39, 0.29) is 22.5 Å². The van der Waals surface area contributed by atoms with Gasteiger partial charge < -0.3 is 9.80 Å². The Balaban J connectivity index is 1.48. The van der Waals surface area contributed by atoms with Crippen molar-refractivity contribution in [3.63, 3.8) is 0 Å². The van der Waals surface area contributed by atoms with Crippen LogP contribution < -0.4 is 0 Å². The molecule has 0 aromatic heterocycles. The predicted molar refractivity (Wildman–Crippen MR) is 109 cm³/mol. The normalized spacial score (nSPS) is 18.5. The number of carbonyl (C=O) groups is 2. The molecule has 2 aromatic carbocycles. The first-order chi connectivity index (χ1) is 13.5. The molecule has 6 heteroatoms. The van der Waals surface area contributed by atoms with Crippen LogP contribution in [0.5, 0.6) is 0 Å². The zero-order chi connectivity index (χ0) is 19.7. The lowest BCUT2D eigenvalue weighted by Gasteiger charge is -2.44. The van der Waals surface area contributed by atoms with E-state index in [2.05, 4.69) is 0 Å². The van der Waals surface area contributed by atoms with Gasteiger partial charge in [-0.25, -0.2) is 4.39 Å². The third kappa shape index (κ3) is 3.41. The van der Waals surface area contributed by atoms with Crippen LogP contribution in [0.2, 0.25) is 0 Å². The summed E-state index contributed by atoms with van der Waals surface area (Å²) in [5.41, 5.74) is 2.25. The molecule has 2 fully saturated rings. The van der Waals surface area contributed by atoms with Crippen molar-refractivity contribution in [2.45, 2.75) is 24.6 Å². The highest BCUT2D eigenvalue weighted by Crippen LogP contribution is 2.44. The smallest absolute Gasteiger partial charge is 0.255 e. The molecule has 2 amide bonds. The topological polar surface area (TPSA) is 40.6 Å². The van der Waals surface area contributed by atoms with Gasteiger partial charge >= 0.3 is 0 Å². The van der Waals surface area contributed by atoms with Crippen molar-refractivity contribution in [3.8, 4) is 0 Å². The van der Waals surface area contributed by atoms with Crippen LogP contribution in [0.25, 0.3) is 0 Å². The molecule has 2 aliphatic rings. The van der Waals surface area contributed by atoms with Crippen molar-refractivity contribution >= 4 is 23.6 Å². The van der Waals surface area contributed by atoms with Gasteiger partial charge in [-0.05, 0) is 55.7 Å².